The van der Waals surface area contributed by atoms with Crippen LogP contribution in [0, 0.1) is 0 Å². The quantitative estimate of drug-likeness (QED) is 0.807. The number of fused-ring (bicyclic) bond motifs is 1. The molecule has 7 heteroatoms. The molecule has 27 heavy (non-hydrogen) atoms. The molecule has 1 aliphatic carbocycles. The second-order valence-electron chi connectivity index (χ2n) is 7.30. The van der Waals surface area contributed by atoms with Crippen molar-refractivity contribution in [3.8, 4) is 5.75 Å². The smallest absolute Gasteiger partial charge is 0.263 e. The molecule has 1 amide bonds. The van der Waals surface area contributed by atoms with Gasteiger partial charge in [0.25, 0.3) is 5.91 Å². The molecule has 1 N–H and O–H groups in total. The number of hydrogen-bond donors (Lipinski definition) is 1. The molecule has 1 atom stereocenters. The third-order valence-corrected chi connectivity index (χ3v) is 5.23. The highest BCUT2D eigenvalue weighted by Gasteiger charge is 2.33. The number of ether oxygens (including phenoxy) is 1. The molecule has 0 bridgehead atoms. The van der Waals surface area contributed by atoms with Crippen LogP contribution in [0.2, 0.25) is 0 Å². The van der Waals surface area contributed by atoms with E-state index in [4.69, 9.17) is 9.26 Å². The molecule has 0 radical (unpaired) electrons. The summed E-state index contributed by atoms with van der Waals surface area (Å²) in [6.45, 7) is 5.10. The molecular formula is C20H26N4O3. The summed E-state index contributed by atoms with van der Waals surface area (Å²) >= 11 is 0. The van der Waals surface area contributed by atoms with Crippen molar-refractivity contribution in [2.75, 3.05) is 11.4 Å². The number of benzene rings is 1. The molecule has 0 saturated heterocycles. The number of nitrogens with one attached hydrogen (secondary N) is 1. The normalized spacial score (nSPS) is 18.9. The molecule has 0 unspecified atom stereocenters. The third-order valence-electron chi connectivity index (χ3n) is 5.23. The lowest BCUT2D eigenvalue weighted by Crippen LogP contribution is -2.51. The Morgan fingerprint density at radius 1 is 1.30 bits per heavy atom. The average molecular weight is 370 g/mol. The van der Waals surface area contributed by atoms with Crippen LogP contribution < -0.4 is 15.0 Å². The molecule has 1 aromatic heterocycles. The lowest BCUT2D eigenvalue weighted by Gasteiger charge is -2.35. The van der Waals surface area contributed by atoms with Gasteiger partial charge in [-0.3, -0.25) is 4.79 Å². The monoisotopic (exact) mass is 370 g/mol. The molecule has 2 aliphatic rings. The largest absolute Gasteiger partial charge is 0.477 e. The maximum absolute atomic E-state index is 12.7. The van der Waals surface area contributed by atoms with Crippen LogP contribution in [0.25, 0.3) is 0 Å². The van der Waals surface area contributed by atoms with Gasteiger partial charge in [-0.2, -0.15) is 4.98 Å². The van der Waals surface area contributed by atoms with Gasteiger partial charge in [-0.05, 0) is 37.8 Å². The van der Waals surface area contributed by atoms with Crippen molar-refractivity contribution < 1.29 is 14.1 Å². The van der Waals surface area contributed by atoms with E-state index in [0.717, 1.165) is 37.3 Å². The molecule has 2 aromatic rings. The maximum Gasteiger partial charge on any atom is 0.263 e. The minimum atomic E-state index is -0.560. The van der Waals surface area contributed by atoms with Gasteiger partial charge in [0.15, 0.2) is 11.9 Å². The summed E-state index contributed by atoms with van der Waals surface area (Å²) in [5, 5.41) is 7.21. The second kappa shape index (κ2) is 7.58. The van der Waals surface area contributed by atoms with Crippen LogP contribution in [-0.4, -0.2) is 34.7 Å². The van der Waals surface area contributed by atoms with Crippen molar-refractivity contribution in [1.29, 1.82) is 0 Å². The fourth-order valence-corrected chi connectivity index (χ4v) is 3.38. The first-order valence-corrected chi connectivity index (χ1v) is 9.81. The second-order valence-corrected chi connectivity index (χ2v) is 7.30. The Morgan fingerprint density at radius 3 is 2.81 bits per heavy atom. The zero-order chi connectivity index (χ0) is 18.8. The topological polar surface area (TPSA) is 80.5 Å². The Labute approximate surface area is 159 Å². The lowest BCUT2D eigenvalue weighted by atomic mass is 10.1. The summed E-state index contributed by atoms with van der Waals surface area (Å²) in [5.74, 6) is 2.44. The number of anilines is 1. The summed E-state index contributed by atoms with van der Waals surface area (Å²) in [7, 11) is 0. The average Bonchev–Trinajstić information content (AvgIpc) is 3.45. The first-order chi connectivity index (χ1) is 13.2. The van der Waals surface area contributed by atoms with Gasteiger partial charge in [0, 0.05) is 12.0 Å². The van der Waals surface area contributed by atoms with E-state index < -0.39 is 6.10 Å². The van der Waals surface area contributed by atoms with Crippen molar-refractivity contribution in [3.05, 3.63) is 36.0 Å². The minimum absolute atomic E-state index is 0.0741. The van der Waals surface area contributed by atoms with Crippen LogP contribution in [0.5, 0.6) is 5.75 Å². The van der Waals surface area contributed by atoms with Crippen LogP contribution in [0.4, 0.5) is 5.69 Å². The van der Waals surface area contributed by atoms with Gasteiger partial charge in [0.1, 0.15) is 5.75 Å². The van der Waals surface area contributed by atoms with Gasteiger partial charge in [-0.1, -0.05) is 31.1 Å². The van der Waals surface area contributed by atoms with Gasteiger partial charge in [0.2, 0.25) is 5.89 Å². The third kappa shape index (κ3) is 3.91. The number of rotatable bonds is 7. The molecule has 4 rings (SSSR count). The van der Waals surface area contributed by atoms with Gasteiger partial charge in [-0.25, -0.2) is 0 Å². The summed E-state index contributed by atoms with van der Waals surface area (Å²) in [6.07, 6.45) is 3.50. The van der Waals surface area contributed by atoms with Gasteiger partial charge < -0.3 is 19.5 Å². The molecular weight excluding hydrogens is 344 g/mol. The summed E-state index contributed by atoms with van der Waals surface area (Å²) in [5.41, 5.74) is 0.946. The van der Waals surface area contributed by atoms with E-state index in [-0.39, 0.29) is 11.9 Å². The van der Waals surface area contributed by atoms with Gasteiger partial charge >= 0.3 is 0 Å². The summed E-state index contributed by atoms with van der Waals surface area (Å²) in [6, 6.07) is 7.94. The molecule has 2 heterocycles. The Hall–Kier alpha value is -2.57. The van der Waals surface area contributed by atoms with Crippen LogP contribution in [0.15, 0.2) is 28.8 Å². The Kier molecular flexibility index (Phi) is 5.01. The van der Waals surface area contributed by atoms with Crippen molar-refractivity contribution in [1.82, 2.24) is 15.5 Å². The first-order valence-electron chi connectivity index (χ1n) is 9.81. The predicted octanol–water partition coefficient (Wildman–Crippen LogP) is 3.02. The first kappa shape index (κ1) is 17.8. The number of amides is 1. The van der Waals surface area contributed by atoms with E-state index in [9.17, 15) is 4.79 Å². The standard InChI is InChI=1S/C20H26N4O3/c1-3-14(4-2)21-19(25)17-11-24(15-7-5-6-8-16(15)26-17)12-18-22-20(27-23-18)13-9-10-13/h5-8,13-14,17H,3-4,9-12H2,1-2H3,(H,21,25)/t17-/m0/s1. The number of nitrogens with zero attached hydrogens (tertiary/aromatic N) is 3. The van der Waals surface area contributed by atoms with Crippen LogP contribution in [-0.2, 0) is 11.3 Å². The Balaban J connectivity index is 1.51. The van der Waals surface area contributed by atoms with Gasteiger partial charge in [-0.15, -0.1) is 0 Å². The number of para-hydroxylation sites is 2. The molecule has 0 spiro atoms. The van der Waals surface area contributed by atoms with Crippen molar-refractivity contribution in [3.63, 3.8) is 0 Å². The van der Waals surface area contributed by atoms with Crippen molar-refractivity contribution in [2.24, 2.45) is 0 Å². The summed E-state index contributed by atoms with van der Waals surface area (Å²) < 4.78 is 11.4. The number of carbonyl (C=O) groups is 1. The molecule has 1 saturated carbocycles. The fourth-order valence-electron chi connectivity index (χ4n) is 3.38. The molecule has 7 nitrogen and oxygen atoms in total. The van der Waals surface area contributed by atoms with Crippen LogP contribution >= 0.6 is 0 Å². The predicted molar refractivity (Wildman–Crippen MR) is 101 cm³/mol. The minimum Gasteiger partial charge on any atom is -0.477 e. The van der Waals surface area contributed by atoms with E-state index in [2.05, 4.69) is 34.2 Å². The zero-order valence-electron chi connectivity index (χ0n) is 15.9. The van der Waals surface area contributed by atoms with E-state index in [0.29, 0.717) is 30.6 Å². The van der Waals surface area contributed by atoms with E-state index in [1.54, 1.807) is 0 Å². The van der Waals surface area contributed by atoms with E-state index >= 15 is 0 Å². The highest BCUT2D eigenvalue weighted by molar-refractivity contribution is 5.83. The van der Waals surface area contributed by atoms with Gasteiger partial charge in [0.05, 0.1) is 18.8 Å². The maximum atomic E-state index is 12.7. The van der Waals surface area contributed by atoms with Crippen LogP contribution in [0.1, 0.15) is 57.2 Å². The fraction of sp³-hybridized carbons (Fsp3) is 0.550. The van der Waals surface area contributed by atoms with Crippen molar-refractivity contribution in [2.45, 2.75) is 64.1 Å². The molecule has 144 valence electrons. The lowest BCUT2D eigenvalue weighted by molar-refractivity contribution is -0.128. The highest BCUT2D eigenvalue weighted by Crippen LogP contribution is 2.39. The zero-order valence-corrected chi connectivity index (χ0v) is 15.9. The van der Waals surface area contributed by atoms with Crippen LogP contribution in [0.3, 0.4) is 0 Å². The Bertz CT molecular complexity index is 798. The highest BCUT2D eigenvalue weighted by atomic mass is 16.5. The number of aromatic nitrogens is 2. The SMILES string of the molecule is CCC(CC)NC(=O)[C@@H]1CN(Cc2noc(C3CC3)n2)c2ccccc2O1. The van der Waals surface area contributed by atoms with E-state index in [1.807, 2.05) is 24.3 Å². The van der Waals surface area contributed by atoms with E-state index in [1.165, 1.54) is 0 Å². The number of hydrogen-bond acceptors (Lipinski definition) is 6. The Morgan fingerprint density at radius 2 is 2.07 bits per heavy atom. The number of carbonyl (C=O) groups excluding carboxylic acids is 1. The molecule has 1 fully saturated rings. The van der Waals surface area contributed by atoms with Crippen molar-refractivity contribution >= 4 is 11.6 Å². The summed E-state index contributed by atoms with van der Waals surface area (Å²) in [4.78, 5) is 19.3. The molecule has 1 aliphatic heterocycles. The molecule has 1 aromatic carbocycles.